The van der Waals surface area contributed by atoms with Gasteiger partial charge in [0.2, 0.25) is 0 Å². The third kappa shape index (κ3) is 10.7. The summed E-state index contributed by atoms with van der Waals surface area (Å²) in [5, 5.41) is 35.4. The largest absolute Gasteiger partial charge is 0.396 e. The predicted octanol–water partition coefficient (Wildman–Crippen LogP) is 1.31. The molecular weight excluding hydrogens is 220 g/mol. The van der Waals surface area contributed by atoms with Crippen LogP contribution in [0.5, 0.6) is 0 Å². The Morgan fingerprint density at radius 1 is 1.00 bits per heavy atom. The van der Waals surface area contributed by atoms with Crippen molar-refractivity contribution in [3.63, 3.8) is 0 Å². The standard InChI is InChI=1S/C7H16O2.C6H14O2/c1-3-7(4-2,5-8)6-9;1-5(7)4-6(2,3)8/h8-9H,3-6H2,1-2H3;5,7-8H,4H2,1-3H3. The fourth-order valence-electron chi connectivity index (χ4n) is 1.47. The number of rotatable bonds is 6. The van der Waals surface area contributed by atoms with Crippen molar-refractivity contribution in [2.45, 2.75) is 65.6 Å². The van der Waals surface area contributed by atoms with Crippen molar-refractivity contribution in [3.05, 3.63) is 0 Å². The molecule has 1 atom stereocenters. The highest BCUT2D eigenvalue weighted by molar-refractivity contribution is 4.73. The lowest BCUT2D eigenvalue weighted by Gasteiger charge is -2.25. The molecule has 1 unspecified atom stereocenters. The molecule has 0 aromatic heterocycles. The molecule has 4 N–H and O–H groups in total. The van der Waals surface area contributed by atoms with Crippen LogP contribution in [0.1, 0.15) is 53.9 Å². The summed E-state index contributed by atoms with van der Waals surface area (Å²) in [4.78, 5) is 0. The van der Waals surface area contributed by atoms with E-state index in [9.17, 15) is 0 Å². The van der Waals surface area contributed by atoms with E-state index < -0.39 is 11.7 Å². The summed E-state index contributed by atoms with van der Waals surface area (Å²) in [6.07, 6.45) is 1.72. The van der Waals surface area contributed by atoms with Crippen LogP contribution in [-0.4, -0.2) is 45.3 Å². The van der Waals surface area contributed by atoms with Crippen molar-refractivity contribution in [3.8, 4) is 0 Å². The number of hydrogen-bond acceptors (Lipinski definition) is 4. The zero-order valence-corrected chi connectivity index (χ0v) is 11.9. The van der Waals surface area contributed by atoms with Gasteiger partial charge in [-0.2, -0.15) is 0 Å². The molecule has 0 rings (SSSR count). The highest BCUT2D eigenvalue weighted by atomic mass is 16.3. The lowest BCUT2D eigenvalue weighted by atomic mass is 9.84. The lowest BCUT2D eigenvalue weighted by Crippen LogP contribution is -2.27. The van der Waals surface area contributed by atoms with Crippen LogP contribution < -0.4 is 0 Å². The fourth-order valence-corrected chi connectivity index (χ4v) is 1.47. The van der Waals surface area contributed by atoms with Gasteiger partial charge in [0, 0.05) is 11.8 Å². The van der Waals surface area contributed by atoms with E-state index in [0.29, 0.717) is 6.42 Å². The summed E-state index contributed by atoms with van der Waals surface area (Å²) >= 11 is 0. The molecule has 0 aliphatic heterocycles. The van der Waals surface area contributed by atoms with Gasteiger partial charge in [0.25, 0.3) is 0 Å². The molecule has 106 valence electrons. The maximum Gasteiger partial charge on any atom is 0.0616 e. The normalized spacial score (nSPS) is 13.9. The van der Waals surface area contributed by atoms with Crippen molar-refractivity contribution in [1.82, 2.24) is 0 Å². The molecule has 0 aromatic carbocycles. The minimum Gasteiger partial charge on any atom is -0.396 e. The Balaban J connectivity index is 0. The van der Waals surface area contributed by atoms with Gasteiger partial charge in [0.1, 0.15) is 0 Å². The number of aliphatic hydroxyl groups is 4. The smallest absolute Gasteiger partial charge is 0.0616 e. The van der Waals surface area contributed by atoms with Crippen LogP contribution in [0.25, 0.3) is 0 Å². The second kappa shape index (κ2) is 8.86. The summed E-state index contributed by atoms with van der Waals surface area (Å²) in [7, 11) is 0. The highest BCUT2D eigenvalue weighted by Crippen LogP contribution is 2.23. The van der Waals surface area contributed by atoms with Crippen LogP contribution >= 0.6 is 0 Å². The highest BCUT2D eigenvalue weighted by Gasteiger charge is 2.23. The predicted molar refractivity (Wildman–Crippen MR) is 69.8 cm³/mol. The van der Waals surface area contributed by atoms with Gasteiger partial charge in [-0.15, -0.1) is 0 Å². The topological polar surface area (TPSA) is 80.9 Å². The fraction of sp³-hybridized carbons (Fsp3) is 1.00. The molecule has 0 fully saturated rings. The third-order valence-electron chi connectivity index (χ3n) is 2.97. The van der Waals surface area contributed by atoms with Gasteiger partial charge >= 0.3 is 0 Å². The summed E-state index contributed by atoms with van der Waals surface area (Å²) < 4.78 is 0. The third-order valence-corrected chi connectivity index (χ3v) is 2.97. The van der Waals surface area contributed by atoms with E-state index in [0.717, 1.165) is 12.8 Å². The van der Waals surface area contributed by atoms with Crippen LogP contribution in [-0.2, 0) is 0 Å². The number of hydrogen-bond donors (Lipinski definition) is 4. The molecule has 0 aliphatic rings. The molecule has 0 spiro atoms. The van der Waals surface area contributed by atoms with Gasteiger partial charge in [-0.25, -0.2) is 0 Å². The molecular formula is C13H30O4. The van der Waals surface area contributed by atoms with E-state index in [4.69, 9.17) is 20.4 Å². The first-order valence-corrected chi connectivity index (χ1v) is 6.28. The van der Waals surface area contributed by atoms with E-state index in [1.807, 2.05) is 13.8 Å². The molecule has 0 heterocycles. The quantitative estimate of drug-likeness (QED) is 0.573. The minimum atomic E-state index is -0.728. The average molecular weight is 250 g/mol. The van der Waals surface area contributed by atoms with E-state index in [-0.39, 0.29) is 18.6 Å². The van der Waals surface area contributed by atoms with Crippen molar-refractivity contribution < 1.29 is 20.4 Å². The Labute approximate surface area is 105 Å². The Kier molecular flexibility index (Phi) is 10.0. The van der Waals surface area contributed by atoms with E-state index in [1.54, 1.807) is 20.8 Å². The van der Waals surface area contributed by atoms with E-state index in [2.05, 4.69) is 0 Å². The summed E-state index contributed by atoms with van der Waals surface area (Å²) in [5.41, 5.74) is -0.950. The Morgan fingerprint density at radius 2 is 1.35 bits per heavy atom. The molecule has 0 radical (unpaired) electrons. The van der Waals surface area contributed by atoms with Crippen LogP contribution in [0.4, 0.5) is 0 Å². The van der Waals surface area contributed by atoms with Gasteiger partial charge in [-0.1, -0.05) is 13.8 Å². The van der Waals surface area contributed by atoms with Crippen LogP contribution in [0, 0.1) is 5.41 Å². The second-order valence-corrected chi connectivity index (χ2v) is 5.39. The first-order chi connectivity index (χ1) is 7.66. The Bertz CT molecular complexity index is 151. The second-order valence-electron chi connectivity index (χ2n) is 5.39. The monoisotopic (exact) mass is 250 g/mol. The summed E-state index contributed by atoms with van der Waals surface area (Å²) in [6.45, 7) is 9.18. The van der Waals surface area contributed by atoms with Crippen molar-refractivity contribution >= 4 is 0 Å². The van der Waals surface area contributed by atoms with Gasteiger partial charge < -0.3 is 20.4 Å². The molecule has 17 heavy (non-hydrogen) atoms. The van der Waals surface area contributed by atoms with Gasteiger partial charge in [-0.05, 0) is 33.6 Å². The molecule has 4 nitrogen and oxygen atoms in total. The van der Waals surface area contributed by atoms with Crippen LogP contribution in [0.2, 0.25) is 0 Å². The first kappa shape index (κ1) is 19.2. The molecule has 0 aromatic rings. The maximum absolute atomic E-state index is 9.03. The van der Waals surface area contributed by atoms with Gasteiger partial charge in [-0.3, -0.25) is 0 Å². The van der Waals surface area contributed by atoms with Crippen molar-refractivity contribution in [2.24, 2.45) is 5.41 Å². The number of aliphatic hydroxyl groups excluding tert-OH is 3. The molecule has 0 amide bonds. The molecule has 4 heteroatoms. The minimum absolute atomic E-state index is 0.0938. The molecule has 0 saturated carbocycles. The van der Waals surface area contributed by atoms with Gasteiger partial charge in [0.05, 0.1) is 24.9 Å². The van der Waals surface area contributed by atoms with Crippen molar-refractivity contribution in [2.75, 3.05) is 13.2 Å². The Hall–Kier alpha value is -0.160. The van der Waals surface area contributed by atoms with E-state index in [1.165, 1.54) is 0 Å². The zero-order valence-electron chi connectivity index (χ0n) is 11.9. The lowest BCUT2D eigenvalue weighted by molar-refractivity contribution is 0.0248. The molecule has 0 bridgehead atoms. The average Bonchev–Trinajstić information content (AvgIpc) is 2.19. The Morgan fingerprint density at radius 3 is 1.35 bits per heavy atom. The van der Waals surface area contributed by atoms with Crippen LogP contribution in [0.3, 0.4) is 0 Å². The first-order valence-electron chi connectivity index (χ1n) is 6.28. The van der Waals surface area contributed by atoms with E-state index >= 15 is 0 Å². The molecule has 0 aliphatic carbocycles. The SMILES string of the molecule is CC(O)CC(C)(C)O.CCC(CC)(CO)CO. The molecule has 0 saturated heterocycles. The van der Waals surface area contributed by atoms with Crippen molar-refractivity contribution in [1.29, 1.82) is 0 Å². The zero-order chi connectivity index (χ0) is 14.1. The summed E-state index contributed by atoms with van der Waals surface area (Å²) in [6, 6.07) is 0. The van der Waals surface area contributed by atoms with Crippen LogP contribution in [0.15, 0.2) is 0 Å². The van der Waals surface area contributed by atoms with Gasteiger partial charge in [0.15, 0.2) is 0 Å². The summed E-state index contributed by atoms with van der Waals surface area (Å²) in [5.74, 6) is 0. The maximum atomic E-state index is 9.03.